The third-order valence-electron chi connectivity index (χ3n) is 5.22. The van der Waals surface area contributed by atoms with Gasteiger partial charge in [0.05, 0.1) is 6.10 Å². The molecule has 7 atom stereocenters. The topological polar surface area (TPSA) is 20.2 Å². The molecular weight excluding hydrogens is 136 g/mol. The molecule has 1 nitrogen and oxygen atoms in total. The van der Waals surface area contributed by atoms with Crippen molar-refractivity contribution in [3.63, 3.8) is 0 Å². The van der Waals surface area contributed by atoms with Crippen molar-refractivity contribution in [1.29, 1.82) is 0 Å². The summed E-state index contributed by atoms with van der Waals surface area (Å²) in [7, 11) is 0. The highest BCUT2D eigenvalue weighted by molar-refractivity contribution is 5.17. The molecule has 4 rings (SSSR count). The fourth-order valence-corrected chi connectivity index (χ4v) is 5.11. The summed E-state index contributed by atoms with van der Waals surface area (Å²) in [5.74, 6) is 5.45. The Morgan fingerprint density at radius 2 is 1.55 bits per heavy atom. The minimum atomic E-state index is 0.127. The standard InChI is InChI=1S/C10H14O/c11-10-8-3-7-5-1-4(9(7)10)2-6(5)8/h4-11H,1-3H2/t4?,5?,6?,7-,8-,9?,10+/m0/s1. The molecule has 1 heteroatoms. The van der Waals surface area contributed by atoms with Gasteiger partial charge in [0.25, 0.3) is 0 Å². The second kappa shape index (κ2) is 1.39. The minimum Gasteiger partial charge on any atom is -0.393 e. The highest BCUT2D eigenvalue weighted by Gasteiger charge is 2.68. The number of fused-ring (bicyclic) bond motifs is 4. The molecule has 4 bridgehead atoms. The first-order valence-electron chi connectivity index (χ1n) is 5.04. The molecule has 4 aliphatic rings. The Morgan fingerprint density at radius 3 is 2.18 bits per heavy atom. The molecule has 0 saturated heterocycles. The van der Waals surface area contributed by atoms with Crippen molar-refractivity contribution in [1.82, 2.24) is 0 Å². The molecule has 0 spiro atoms. The molecule has 11 heavy (non-hydrogen) atoms. The van der Waals surface area contributed by atoms with Crippen LogP contribution in [0.4, 0.5) is 0 Å². The van der Waals surface area contributed by atoms with Crippen molar-refractivity contribution in [2.45, 2.75) is 25.4 Å². The van der Waals surface area contributed by atoms with Gasteiger partial charge in [-0.1, -0.05) is 0 Å². The lowest BCUT2D eigenvalue weighted by Crippen LogP contribution is -2.39. The Hall–Kier alpha value is -0.0400. The maximum Gasteiger partial charge on any atom is 0.0604 e. The van der Waals surface area contributed by atoms with E-state index in [0.29, 0.717) is 0 Å². The van der Waals surface area contributed by atoms with Crippen molar-refractivity contribution in [2.24, 2.45) is 35.5 Å². The van der Waals surface area contributed by atoms with E-state index < -0.39 is 0 Å². The molecule has 4 aliphatic carbocycles. The van der Waals surface area contributed by atoms with E-state index in [1.807, 2.05) is 0 Å². The molecule has 0 amide bonds. The first-order valence-corrected chi connectivity index (χ1v) is 5.04. The summed E-state index contributed by atoms with van der Waals surface area (Å²) in [5.41, 5.74) is 0. The van der Waals surface area contributed by atoms with Crippen LogP contribution < -0.4 is 0 Å². The van der Waals surface area contributed by atoms with Gasteiger partial charge in [0.15, 0.2) is 0 Å². The average Bonchev–Trinajstić information content (AvgIpc) is 2.53. The predicted molar refractivity (Wildman–Crippen MR) is 40.8 cm³/mol. The molecule has 4 saturated carbocycles. The van der Waals surface area contributed by atoms with Crippen LogP contribution in [0.3, 0.4) is 0 Å². The average molecular weight is 150 g/mol. The number of aliphatic hydroxyl groups excluding tert-OH is 1. The third kappa shape index (κ3) is 0.395. The van der Waals surface area contributed by atoms with Gasteiger partial charge in [-0.25, -0.2) is 0 Å². The molecule has 4 unspecified atom stereocenters. The molecule has 0 aromatic carbocycles. The molecule has 60 valence electrons. The van der Waals surface area contributed by atoms with Crippen molar-refractivity contribution < 1.29 is 5.11 Å². The summed E-state index contributed by atoms with van der Waals surface area (Å²) >= 11 is 0. The maximum absolute atomic E-state index is 9.91. The van der Waals surface area contributed by atoms with Gasteiger partial charge in [-0.3, -0.25) is 0 Å². The summed E-state index contributed by atoms with van der Waals surface area (Å²) in [5, 5.41) is 9.91. The van der Waals surface area contributed by atoms with Crippen LogP contribution >= 0.6 is 0 Å². The van der Waals surface area contributed by atoms with Crippen molar-refractivity contribution in [2.75, 3.05) is 0 Å². The molecule has 0 aromatic heterocycles. The predicted octanol–water partition coefficient (Wildman–Crippen LogP) is 1.27. The van der Waals surface area contributed by atoms with Crippen LogP contribution in [-0.4, -0.2) is 11.2 Å². The summed E-state index contributed by atoms with van der Waals surface area (Å²) in [4.78, 5) is 0. The zero-order chi connectivity index (χ0) is 7.16. The lowest BCUT2D eigenvalue weighted by atomic mass is 9.69. The highest BCUT2D eigenvalue weighted by Crippen LogP contribution is 2.72. The van der Waals surface area contributed by atoms with E-state index in [4.69, 9.17) is 0 Å². The molecular formula is C10H14O. The lowest BCUT2D eigenvalue weighted by Gasteiger charge is -2.38. The van der Waals surface area contributed by atoms with Gasteiger partial charge in [0.2, 0.25) is 0 Å². The lowest BCUT2D eigenvalue weighted by molar-refractivity contribution is -0.0176. The monoisotopic (exact) mass is 150 g/mol. The molecule has 0 radical (unpaired) electrons. The summed E-state index contributed by atoms with van der Waals surface area (Å²) < 4.78 is 0. The van der Waals surface area contributed by atoms with E-state index in [1.54, 1.807) is 0 Å². The van der Waals surface area contributed by atoms with Gasteiger partial charge in [-0.15, -0.1) is 0 Å². The number of aliphatic hydroxyl groups is 1. The SMILES string of the molecule is O[C@H]1C2C3CC4C(C3)[C@@H]1C[C@@H]42. The Balaban J connectivity index is 1.94. The van der Waals surface area contributed by atoms with E-state index in [2.05, 4.69) is 0 Å². The van der Waals surface area contributed by atoms with Crippen LogP contribution in [0.2, 0.25) is 0 Å². The second-order valence-corrected chi connectivity index (χ2v) is 5.19. The van der Waals surface area contributed by atoms with Crippen LogP contribution in [0.15, 0.2) is 0 Å². The van der Waals surface area contributed by atoms with E-state index in [9.17, 15) is 5.11 Å². The minimum absolute atomic E-state index is 0.127. The van der Waals surface area contributed by atoms with Gasteiger partial charge in [-0.2, -0.15) is 0 Å². The zero-order valence-electron chi connectivity index (χ0n) is 6.61. The molecule has 0 aromatic rings. The van der Waals surface area contributed by atoms with Crippen LogP contribution in [0.1, 0.15) is 19.3 Å². The molecule has 4 fully saturated rings. The quantitative estimate of drug-likeness (QED) is 0.551. The van der Waals surface area contributed by atoms with E-state index >= 15 is 0 Å². The Bertz CT molecular complexity index is 219. The Kier molecular flexibility index (Phi) is 0.706. The van der Waals surface area contributed by atoms with Gasteiger partial charge in [0.1, 0.15) is 0 Å². The van der Waals surface area contributed by atoms with Crippen molar-refractivity contribution >= 4 is 0 Å². The van der Waals surface area contributed by atoms with E-state index in [-0.39, 0.29) is 6.10 Å². The number of hydrogen-bond donors (Lipinski definition) is 1. The molecule has 0 aliphatic heterocycles. The Labute approximate surface area is 66.8 Å². The van der Waals surface area contributed by atoms with Crippen molar-refractivity contribution in [3.05, 3.63) is 0 Å². The Morgan fingerprint density at radius 1 is 0.818 bits per heavy atom. The largest absolute Gasteiger partial charge is 0.393 e. The fraction of sp³-hybridized carbons (Fsp3) is 1.00. The van der Waals surface area contributed by atoms with Crippen molar-refractivity contribution in [3.8, 4) is 0 Å². The molecule has 1 N–H and O–H groups in total. The number of rotatable bonds is 0. The van der Waals surface area contributed by atoms with Gasteiger partial charge in [-0.05, 0) is 54.8 Å². The van der Waals surface area contributed by atoms with Crippen LogP contribution in [-0.2, 0) is 0 Å². The van der Waals surface area contributed by atoms with Gasteiger partial charge in [0, 0.05) is 0 Å². The number of hydrogen-bond acceptors (Lipinski definition) is 1. The summed E-state index contributed by atoms with van der Waals surface area (Å²) in [6.07, 6.45) is 4.47. The van der Waals surface area contributed by atoms with Crippen LogP contribution in [0.25, 0.3) is 0 Å². The normalized spacial score (nSPS) is 75.5. The third-order valence-corrected chi connectivity index (χ3v) is 5.22. The second-order valence-electron chi connectivity index (χ2n) is 5.19. The maximum atomic E-state index is 9.91. The van der Waals surface area contributed by atoms with Gasteiger partial charge >= 0.3 is 0 Å². The van der Waals surface area contributed by atoms with E-state index in [1.165, 1.54) is 19.3 Å². The van der Waals surface area contributed by atoms with Gasteiger partial charge < -0.3 is 5.11 Å². The van der Waals surface area contributed by atoms with E-state index in [0.717, 1.165) is 35.5 Å². The first kappa shape index (κ1) is 5.58. The summed E-state index contributed by atoms with van der Waals surface area (Å²) in [6.45, 7) is 0. The highest BCUT2D eigenvalue weighted by atomic mass is 16.3. The fourth-order valence-electron chi connectivity index (χ4n) is 5.11. The molecule has 0 heterocycles. The summed E-state index contributed by atoms with van der Waals surface area (Å²) in [6, 6.07) is 0. The van der Waals surface area contributed by atoms with Crippen LogP contribution in [0, 0.1) is 35.5 Å². The van der Waals surface area contributed by atoms with Crippen LogP contribution in [0.5, 0.6) is 0 Å². The zero-order valence-corrected chi connectivity index (χ0v) is 6.61. The smallest absolute Gasteiger partial charge is 0.0604 e. The first-order chi connectivity index (χ1) is 5.36.